The van der Waals surface area contributed by atoms with Crippen molar-refractivity contribution >= 4 is 11.9 Å². The molecule has 2 N–H and O–H groups in total. The zero-order chi connectivity index (χ0) is 19.9. The van der Waals surface area contributed by atoms with Gasteiger partial charge >= 0.3 is 11.9 Å². The van der Waals surface area contributed by atoms with E-state index >= 15 is 0 Å². The molecule has 0 spiro atoms. The van der Waals surface area contributed by atoms with Gasteiger partial charge in [0.15, 0.2) is 0 Å². The highest BCUT2D eigenvalue weighted by molar-refractivity contribution is 5.91. The summed E-state index contributed by atoms with van der Waals surface area (Å²) in [6.45, 7) is 9.07. The lowest BCUT2D eigenvalue weighted by Crippen LogP contribution is -2.39. The predicted octanol–water partition coefficient (Wildman–Crippen LogP) is 1.27. The quantitative estimate of drug-likeness (QED) is 0.327. The highest BCUT2D eigenvalue weighted by Crippen LogP contribution is 2.48. The van der Waals surface area contributed by atoms with Crippen molar-refractivity contribution in [2.45, 2.75) is 70.1 Å². The van der Waals surface area contributed by atoms with E-state index in [0.717, 1.165) is 0 Å². The molecule has 0 bridgehead atoms. The molecule has 0 amide bonds. The smallest absolute Gasteiger partial charge is 0.334 e. The van der Waals surface area contributed by atoms with Crippen LogP contribution in [0.5, 0.6) is 0 Å². The summed E-state index contributed by atoms with van der Waals surface area (Å²) in [6, 6.07) is 0. The van der Waals surface area contributed by atoms with E-state index in [-0.39, 0.29) is 30.2 Å². The minimum atomic E-state index is -0.894. The van der Waals surface area contributed by atoms with E-state index < -0.39 is 35.8 Å². The summed E-state index contributed by atoms with van der Waals surface area (Å²) in [4.78, 5) is 24.6. The molecule has 0 aromatic heterocycles. The summed E-state index contributed by atoms with van der Waals surface area (Å²) < 4.78 is 17.0. The van der Waals surface area contributed by atoms with Gasteiger partial charge in [-0.1, -0.05) is 20.4 Å². The SMILES string of the molecule is C=C1C(=O)O[C@@H]2/C=C(/CO)C(O)CC3O[C@]3(C)CC(OC(=O)C(C)CC)[C@@H]12. The third kappa shape index (κ3) is 3.81. The van der Waals surface area contributed by atoms with Gasteiger partial charge in [0.1, 0.15) is 12.2 Å². The summed E-state index contributed by atoms with van der Waals surface area (Å²) in [6.07, 6.45) is 0.400. The van der Waals surface area contributed by atoms with E-state index in [1.54, 1.807) is 13.0 Å². The van der Waals surface area contributed by atoms with Gasteiger partial charge in [0, 0.05) is 18.4 Å². The van der Waals surface area contributed by atoms with Gasteiger partial charge in [-0.05, 0) is 25.0 Å². The number of ether oxygens (including phenoxy) is 3. The minimum absolute atomic E-state index is 0.213. The summed E-state index contributed by atoms with van der Waals surface area (Å²) >= 11 is 0. The lowest BCUT2D eigenvalue weighted by Gasteiger charge is -2.30. The Bertz CT molecular complexity index is 669. The maximum Gasteiger partial charge on any atom is 0.334 e. The first-order chi connectivity index (χ1) is 12.7. The number of carbonyl (C=O) groups is 2. The van der Waals surface area contributed by atoms with Crippen molar-refractivity contribution in [1.29, 1.82) is 0 Å². The number of hydrogen-bond acceptors (Lipinski definition) is 7. The number of esters is 2. The van der Waals surface area contributed by atoms with Gasteiger partial charge in [-0.15, -0.1) is 0 Å². The van der Waals surface area contributed by atoms with E-state index in [9.17, 15) is 19.8 Å². The van der Waals surface area contributed by atoms with Crippen molar-refractivity contribution in [2.24, 2.45) is 11.8 Å². The van der Waals surface area contributed by atoms with E-state index in [0.29, 0.717) is 24.8 Å². The van der Waals surface area contributed by atoms with Crippen LogP contribution in [-0.2, 0) is 23.8 Å². The average molecular weight is 380 g/mol. The molecule has 7 atom stereocenters. The molecule has 2 aliphatic heterocycles. The molecule has 0 aromatic rings. The summed E-state index contributed by atoms with van der Waals surface area (Å²) in [5.41, 5.74) is 0.0149. The molecule has 2 saturated heterocycles. The zero-order valence-electron chi connectivity index (χ0n) is 16.0. The maximum absolute atomic E-state index is 12.5. The van der Waals surface area contributed by atoms with Crippen LogP contribution in [0.15, 0.2) is 23.8 Å². The standard InChI is InChI=1S/C20H28O7/c1-5-10(2)18(23)26-15-8-20(4)16(27-20)7-13(22)12(9-21)6-14-17(15)11(3)19(24)25-14/h6,10,13-17,21-22H,3,5,7-9H2,1-2,4H3/b12-6-/t10?,13?,14-,15?,16?,17+,20-/m1/s1. The van der Waals surface area contributed by atoms with Crippen molar-refractivity contribution < 1.29 is 34.0 Å². The van der Waals surface area contributed by atoms with Crippen molar-refractivity contribution in [3.8, 4) is 0 Å². The Hall–Kier alpha value is -1.70. The first-order valence-electron chi connectivity index (χ1n) is 9.47. The number of hydrogen-bond donors (Lipinski definition) is 2. The molecular formula is C20H28O7. The Balaban J connectivity index is 1.97. The zero-order valence-corrected chi connectivity index (χ0v) is 16.0. The lowest BCUT2D eigenvalue weighted by atomic mass is 9.82. The molecule has 3 rings (SSSR count). The van der Waals surface area contributed by atoms with Gasteiger partial charge in [0.05, 0.1) is 36.3 Å². The van der Waals surface area contributed by atoms with Gasteiger partial charge in [-0.25, -0.2) is 4.79 Å². The molecule has 7 nitrogen and oxygen atoms in total. The topological polar surface area (TPSA) is 106 Å². The summed E-state index contributed by atoms with van der Waals surface area (Å²) in [7, 11) is 0. The van der Waals surface area contributed by atoms with Gasteiger partial charge in [0.2, 0.25) is 0 Å². The van der Waals surface area contributed by atoms with Crippen LogP contribution in [0.4, 0.5) is 0 Å². The number of rotatable bonds is 4. The van der Waals surface area contributed by atoms with E-state index in [4.69, 9.17) is 14.2 Å². The van der Waals surface area contributed by atoms with E-state index in [2.05, 4.69) is 6.58 Å². The number of carbonyl (C=O) groups excluding carboxylic acids is 2. The molecule has 4 unspecified atom stereocenters. The molecule has 0 aromatic carbocycles. The Labute approximate surface area is 159 Å². The number of aliphatic hydroxyl groups is 2. The molecule has 7 heteroatoms. The van der Waals surface area contributed by atoms with Gasteiger partial charge in [-0.2, -0.15) is 0 Å². The van der Waals surface area contributed by atoms with Crippen LogP contribution in [0.3, 0.4) is 0 Å². The molecular weight excluding hydrogens is 352 g/mol. The second-order valence-corrected chi connectivity index (χ2v) is 7.98. The maximum atomic E-state index is 12.5. The Morgan fingerprint density at radius 3 is 2.85 bits per heavy atom. The number of epoxide rings is 1. The molecule has 2 fully saturated rings. The van der Waals surface area contributed by atoms with Crippen LogP contribution >= 0.6 is 0 Å². The third-order valence-corrected chi connectivity index (χ3v) is 6.01. The van der Waals surface area contributed by atoms with Gasteiger partial charge in [0.25, 0.3) is 0 Å². The van der Waals surface area contributed by atoms with Crippen LogP contribution in [0.1, 0.15) is 40.0 Å². The molecule has 3 aliphatic rings. The van der Waals surface area contributed by atoms with E-state index in [1.807, 2.05) is 13.8 Å². The van der Waals surface area contributed by atoms with Crippen molar-refractivity contribution in [3.05, 3.63) is 23.8 Å². The molecule has 2 heterocycles. The molecule has 150 valence electrons. The summed E-state index contributed by atoms with van der Waals surface area (Å²) in [5, 5.41) is 20.1. The average Bonchev–Trinajstić information content (AvgIpc) is 3.15. The Morgan fingerprint density at radius 2 is 2.22 bits per heavy atom. The van der Waals surface area contributed by atoms with Crippen LogP contribution in [0.25, 0.3) is 0 Å². The van der Waals surface area contributed by atoms with Crippen LogP contribution in [0.2, 0.25) is 0 Å². The first kappa shape index (κ1) is 20.0. The van der Waals surface area contributed by atoms with Crippen molar-refractivity contribution in [1.82, 2.24) is 0 Å². The second-order valence-electron chi connectivity index (χ2n) is 7.98. The highest BCUT2D eigenvalue weighted by Gasteiger charge is 2.57. The van der Waals surface area contributed by atoms with Crippen LogP contribution in [0, 0.1) is 11.8 Å². The van der Waals surface area contributed by atoms with Gasteiger partial charge in [-0.3, -0.25) is 4.79 Å². The van der Waals surface area contributed by atoms with Crippen LogP contribution < -0.4 is 0 Å². The van der Waals surface area contributed by atoms with Crippen molar-refractivity contribution in [3.63, 3.8) is 0 Å². The first-order valence-corrected chi connectivity index (χ1v) is 9.47. The van der Waals surface area contributed by atoms with Gasteiger partial charge < -0.3 is 24.4 Å². The van der Waals surface area contributed by atoms with Crippen LogP contribution in [-0.4, -0.2) is 58.8 Å². The Morgan fingerprint density at radius 1 is 1.52 bits per heavy atom. The molecule has 1 aliphatic carbocycles. The monoisotopic (exact) mass is 380 g/mol. The molecule has 0 saturated carbocycles. The number of fused-ring (bicyclic) bond motifs is 2. The van der Waals surface area contributed by atoms with E-state index in [1.165, 1.54) is 0 Å². The third-order valence-electron chi connectivity index (χ3n) is 6.01. The fourth-order valence-corrected chi connectivity index (χ4v) is 3.86. The minimum Gasteiger partial charge on any atom is -0.461 e. The molecule has 0 radical (unpaired) electrons. The largest absolute Gasteiger partial charge is 0.461 e. The Kier molecular flexibility index (Phi) is 5.47. The normalized spacial score (nSPS) is 41.5. The molecule has 27 heavy (non-hydrogen) atoms. The second kappa shape index (κ2) is 7.37. The highest BCUT2D eigenvalue weighted by atomic mass is 16.6. The lowest BCUT2D eigenvalue weighted by molar-refractivity contribution is -0.157. The number of aliphatic hydroxyl groups excluding tert-OH is 2. The fourth-order valence-electron chi connectivity index (χ4n) is 3.86. The predicted molar refractivity (Wildman–Crippen MR) is 95.5 cm³/mol. The van der Waals surface area contributed by atoms with Crippen molar-refractivity contribution in [2.75, 3.05) is 6.61 Å². The summed E-state index contributed by atoms with van der Waals surface area (Å²) in [5.74, 6) is -1.74. The fraction of sp³-hybridized carbons (Fsp3) is 0.700.